The third-order valence-electron chi connectivity index (χ3n) is 3.31. The van der Waals surface area contributed by atoms with E-state index in [1.807, 2.05) is 13.8 Å². The van der Waals surface area contributed by atoms with E-state index in [0.29, 0.717) is 13.2 Å². The van der Waals surface area contributed by atoms with Crippen molar-refractivity contribution in [2.45, 2.75) is 32.8 Å². The zero-order valence-electron chi connectivity index (χ0n) is 10.3. The molecule has 1 fully saturated rings. The van der Waals surface area contributed by atoms with Gasteiger partial charge in [-0.15, -0.1) is 0 Å². The third-order valence-corrected chi connectivity index (χ3v) is 3.31. The fourth-order valence-corrected chi connectivity index (χ4v) is 2.29. The molecule has 0 bridgehead atoms. The van der Waals surface area contributed by atoms with Crippen molar-refractivity contribution >= 4 is 5.97 Å². The molecule has 0 radical (unpaired) electrons. The third kappa shape index (κ3) is 3.19. The molecule has 0 saturated carbocycles. The number of carbonyl (C=O) groups excluding carboxylic acids is 1. The lowest BCUT2D eigenvalue weighted by molar-refractivity contribution is -0.154. The minimum Gasteiger partial charge on any atom is -0.469 e. The van der Waals surface area contributed by atoms with Crippen molar-refractivity contribution in [3.8, 4) is 0 Å². The Hall–Kier alpha value is -0.610. The molecule has 16 heavy (non-hydrogen) atoms. The van der Waals surface area contributed by atoms with Gasteiger partial charge in [0.15, 0.2) is 0 Å². The van der Waals surface area contributed by atoms with E-state index in [4.69, 9.17) is 9.47 Å². The summed E-state index contributed by atoms with van der Waals surface area (Å²) in [7, 11) is 1.37. The topological polar surface area (TPSA) is 55.8 Å². The molecule has 4 nitrogen and oxygen atoms in total. The summed E-state index contributed by atoms with van der Waals surface area (Å²) < 4.78 is 10.0. The van der Waals surface area contributed by atoms with Crippen molar-refractivity contribution in [2.75, 3.05) is 20.3 Å². The maximum absolute atomic E-state index is 11.6. The molecule has 0 aromatic rings. The summed E-state index contributed by atoms with van der Waals surface area (Å²) in [5, 5.41) is 10.2. The maximum atomic E-state index is 11.6. The van der Waals surface area contributed by atoms with Crippen molar-refractivity contribution < 1.29 is 19.4 Å². The number of hydrogen-bond donors (Lipinski definition) is 1. The predicted octanol–water partition coefficient (Wildman–Crippen LogP) is 1.22. The molecule has 2 atom stereocenters. The van der Waals surface area contributed by atoms with Crippen LogP contribution in [0.1, 0.15) is 26.7 Å². The quantitative estimate of drug-likeness (QED) is 0.738. The van der Waals surface area contributed by atoms with E-state index in [0.717, 1.165) is 12.8 Å². The molecule has 1 heterocycles. The lowest BCUT2D eigenvalue weighted by Gasteiger charge is -2.32. The molecule has 4 heteroatoms. The Balaban J connectivity index is 2.65. The molecule has 0 aromatic carbocycles. The molecular formula is C12H22O4. The highest BCUT2D eigenvalue weighted by Crippen LogP contribution is 2.28. The van der Waals surface area contributed by atoms with Gasteiger partial charge in [0.2, 0.25) is 0 Å². The van der Waals surface area contributed by atoms with Gasteiger partial charge in [0.25, 0.3) is 0 Å². The smallest absolute Gasteiger partial charge is 0.311 e. The molecule has 0 amide bonds. The standard InChI is InChI=1S/C12H22O4/c1-8(2)10(12(14)15-3)11(13)9-4-6-16-7-5-9/h8-11,13H,4-7H2,1-3H3. The molecule has 2 unspecified atom stereocenters. The Labute approximate surface area is 96.9 Å². The van der Waals surface area contributed by atoms with E-state index in [9.17, 15) is 9.90 Å². The van der Waals surface area contributed by atoms with Crippen LogP contribution >= 0.6 is 0 Å². The summed E-state index contributed by atoms with van der Waals surface area (Å²) in [6.07, 6.45) is 1.03. The number of aliphatic hydroxyl groups excluding tert-OH is 1. The van der Waals surface area contributed by atoms with Crippen LogP contribution < -0.4 is 0 Å². The molecule has 1 aliphatic rings. The predicted molar refractivity (Wildman–Crippen MR) is 59.9 cm³/mol. The van der Waals surface area contributed by atoms with Crippen LogP contribution in [0.2, 0.25) is 0 Å². The van der Waals surface area contributed by atoms with Crippen molar-refractivity contribution in [1.29, 1.82) is 0 Å². The summed E-state index contributed by atoms with van der Waals surface area (Å²) >= 11 is 0. The van der Waals surface area contributed by atoms with Gasteiger partial charge < -0.3 is 14.6 Å². The van der Waals surface area contributed by atoms with E-state index >= 15 is 0 Å². The second kappa shape index (κ2) is 6.21. The summed E-state index contributed by atoms with van der Waals surface area (Å²) in [4.78, 5) is 11.6. The number of rotatable bonds is 4. The van der Waals surface area contributed by atoms with Crippen molar-refractivity contribution in [1.82, 2.24) is 0 Å². The number of ether oxygens (including phenoxy) is 2. The van der Waals surface area contributed by atoms with Gasteiger partial charge in [-0.1, -0.05) is 13.8 Å². The monoisotopic (exact) mass is 230 g/mol. The molecule has 1 aliphatic heterocycles. The van der Waals surface area contributed by atoms with Crippen LogP contribution in [0, 0.1) is 17.8 Å². The average Bonchev–Trinajstić information content (AvgIpc) is 2.29. The molecule has 0 aliphatic carbocycles. The number of methoxy groups -OCH3 is 1. The van der Waals surface area contributed by atoms with Gasteiger partial charge in [-0.05, 0) is 24.7 Å². The van der Waals surface area contributed by atoms with Crippen LogP contribution in [-0.2, 0) is 14.3 Å². The van der Waals surface area contributed by atoms with Crippen molar-refractivity contribution in [3.63, 3.8) is 0 Å². The van der Waals surface area contributed by atoms with Crippen LogP contribution in [0.5, 0.6) is 0 Å². The van der Waals surface area contributed by atoms with Gasteiger partial charge in [0.05, 0.1) is 19.1 Å². The van der Waals surface area contributed by atoms with E-state index in [-0.39, 0.29) is 17.8 Å². The molecule has 1 N–H and O–H groups in total. The van der Waals surface area contributed by atoms with Crippen molar-refractivity contribution in [2.24, 2.45) is 17.8 Å². The Morgan fingerprint density at radius 1 is 1.38 bits per heavy atom. The van der Waals surface area contributed by atoms with Crippen LogP contribution in [0.25, 0.3) is 0 Å². The fraction of sp³-hybridized carbons (Fsp3) is 0.917. The van der Waals surface area contributed by atoms with Gasteiger partial charge >= 0.3 is 5.97 Å². The molecule has 1 saturated heterocycles. The van der Waals surface area contributed by atoms with Gasteiger partial charge in [-0.2, -0.15) is 0 Å². The highest BCUT2D eigenvalue weighted by molar-refractivity contribution is 5.73. The first-order chi connectivity index (χ1) is 7.57. The summed E-state index contributed by atoms with van der Waals surface area (Å²) in [5.74, 6) is -0.493. The lowest BCUT2D eigenvalue weighted by Crippen LogP contribution is -2.40. The minimum atomic E-state index is -0.614. The maximum Gasteiger partial charge on any atom is 0.311 e. The van der Waals surface area contributed by atoms with Gasteiger partial charge in [-0.25, -0.2) is 0 Å². The second-order valence-electron chi connectivity index (χ2n) is 4.73. The minimum absolute atomic E-state index is 0.0882. The number of esters is 1. The zero-order valence-corrected chi connectivity index (χ0v) is 10.3. The van der Waals surface area contributed by atoms with Crippen molar-refractivity contribution in [3.05, 3.63) is 0 Å². The number of carbonyl (C=O) groups is 1. The average molecular weight is 230 g/mol. The molecular weight excluding hydrogens is 208 g/mol. The van der Waals surface area contributed by atoms with Gasteiger partial charge in [0.1, 0.15) is 0 Å². The normalized spacial score (nSPS) is 21.8. The summed E-state index contributed by atoms with van der Waals surface area (Å²) in [6.45, 7) is 5.22. The highest BCUT2D eigenvalue weighted by Gasteiger charge is 2.36. The largest absolute Gasteiger partial charge is 0.469 e. The van der Waals surface area contributed by atoms with Gasteiger partial charge in [0, 0.05) is 13.2 Å². The van der Waals surface area contributed by atoms with E-state index in [1.165, 1.54) is 7.11 Å². The summed E-state index contributed by atoms with van der Waals surface area (Å²) in [6, 6.07) is 0. The number of aliphatic hydroxyl groups is 1. The second-order valence-corrected chi connectivity index (χ2v) is 4.73. The van der Waals surface area contributed by atoms with Crippen LogP contribution in [0.3, 0.4) is 0 Å². The fourth-order valence-electron chi connectivity index (χ4n) is 2.29. The Morgan fingerprint density at radius 3 is 2.38 bits per heavy atom. The van der Waals surface area contributed by atoms with E-state index < -0.39 is 12.0 Å². The Bertz CT molecular complexity index is 221. The van der Waals surface area contributed by atoms with E-state index in [2.05, 4.69) is 0 Å². The molecule has 0 spiro atoms. The highest BCUT2D eigenvalue weighted by atomic mass is 16.5. The number of hydrogen-bond acceptors (Lipinski definition) is 4. The van der Waals surface area contributed by atoms with Gasteiger partial charge in [-0.3, -0.25) is 4.79 Å². The first-order valence-electron chi connectivity index (χ1n) is 5.91. The van der Waals surface area contributed by atoms with Crippen LogP contribution in [-0.4, -0.2) is 37.5 Å². The Kier molecular flexibility index (Phi) is 5.22. The zero-order chi connectivity index (χ0) is 12.1. The SMILES string of the molecule is COC(=O)C(C(C)C)C(O)C1CCOCC1. The first kappa shape index (κ1) is 13.5. The van der Waals surface area contributed by atoms with E-state index in [1.54, 1.807) is 0 Å². The summed E-state index contributed by atoms with van der Waals surface area (Å²) in [5.41, 5.74) is 0. The van der Waals surface area contributed by atoms with Crippen LogP contribution in [0.15, 0.2) is 0 Å². The molecule has 94 valence electrons. The van der Waals surface area contributed by atoms with Crippen LogP contribution in [0.4, 0.5) is 0 Å². The molecule has 0 aromatic heterocycles. The molecule has 1 rings (SSSR count). The first-order valence-corrected chi connectivity index (χ1v) is 5.91. The Morgan fingerprint density at radius 2 is 1.94 bits per heavy atom. The lowest BCUT2D eigenvalue weighted by atomic mass is 9.80.